The standard InChI is InChI=1S/C15H20N2O2/c1-11(2)16-9-12(18)10-17-8-7-15(19)13-5-3-4-6-14(13)17/h3-8,11-12,16,18H,9-10H2,1-2H3. The van der Waals surface area contributed by atoms with E-state index in [1.807, 2.05) is 42.7 Å². The monoisotopic (exact) mass is 260 g/mol. The molecule has 0 radical (unpaired) electrons. The highest BCUT2D eigenvalue weighted by molar-refractivity contribution is 5.78. The highest BCUT2D eigenvalue weighted by atomic mass is 16.3. The number of rotatable bonds is 5. The van der Waals surface area contributed by atoms with Gasteiger partial charge in [0.15, 0.2) is 5.43 Å². The molecule has 0 aliphatic rings. The number of hydrogen-bond acceptors (Lipinski definition) is 3. The van der Waals surface area contributed by atoms with E-state index in [0.717, 1.165) is 5.52 Å². The summed E-state index contributed by atoms with van der Waals surface area (Å²) in [7, 11) is 0. The normalized spacial score (nSPS) is 13.1. The zero-order valence-electron chi connectivity index (χ0n) is 11.3. The first-order valence-electron chi connectivity index (χ1n) is 6.57. The molecule has 4 heteroatoms. The Balaban J connectivity index is 2.21. The van der Waals surface area contributed by atoms with Crippen LogP contribution in [0.15, 0.2) is 41.3 Å². The van der Waals surface area contributed by atoms with Gasteiger partial charge in [-0.2, -0.15) is 0 Å². The van der Waals surface area contributed by atoms with Crippen molar-refractivity contribution in [3.63, 3.8) is 0 Å². The quantitative estimate of drug-likeness (QED) is 0.853. The Bertz CT molecular complexity index is 604. The average Bonchev–Trinajstić information content (AvgIpc) is 2.40. The summed E-state index contributed by atoms with van der Waals surface area (Å²) in [6, 6.07) is 9.36. The van der Waals surface area contributed by atoms with Crippen molar-refractivity contribution in [2.45, 2.75) is 32.5 Å². The van der Waals surface area contributed by atoms with Crippen molar-refractivity contribution in [2.75, 3.05) is 6.54 Å². The molecular weight excluding hydrogens is 240 g/mol. The van der Waals surface area contributed by atoms with Crippen molar-refractivity contribution in [3.8, 4) is 0 Å². The Kier molecular flexibility index (Phi) is 4.35. The molecule has 102 valence electrons. The molecule has 0 saturated carbocycles. The van der Waals surface area contributed by atoms with Crippen molar-refractivity contribution >= 4 is 10.9 Å². The summed E-state index contributed by atoms with van der Waals surface area (Å²) in [4.78, 5) is 11.7. The van der Waals surface area contributed by atoms with Crippen LogP contribution < -0.4 is 10.7 Å². The largest absolute Gasteiger partial charge is 0.390 e. The van der Waals surface area contributed by atoms with Gasteiger partial charge in [0.25, 0.3) is 0 Å². The van der Waals surface area contributed by atoms with Crippen molar-refractivity contribution < 1.29 is 5.11 Å². The number of para-hydroxylation sites is 1. The highest BCUT2D eigenvalue weighted by Gasteiger charge is 2.08. The fourth-order valence-corrected chi connectivity index (χ4v) is 2.08. The minimum Gasteiger partial charge on any atom is -0.390 e. The molecule has 1 atom stereocenters. The molecule has 0 fully saturated rings. The molecule has 0 bridgehead atoms. The van der Waals surface area contributed by atoms with Crippen LogP contribution in [-0.4, -0.2) is 28.4 Å². The molecular formula is C15H20N2O2. The fourth-order valence-electron chi connectivity index (χ4n) is 2.08. The summed E-state index contributed by atoms with van der Waals surface area (Å²) in [6.45, 7) is 5.10. The first-order valence-corrected chi connectivity index (χ1v) is 6.57. The zero-order chi connectivity index (χ0) is 13.8. The lowest BCUT2D eigenvalue weighted by atomic mass is 10.2. The van der Waals surface area contributed by atoms with Crippen LogP contribution in [0.3, 0.4) is 0 Å². The van der Waals surface area contributed by atoms with E-state index in [-0.39, 0.29) is 5.43 Å². The number of nitrogens with one attached hydrogen (secondary N) is 1. The zero-order valence-corrected chi connectivity index (χ0v) is 11.3. The van der Waals surface area contributed by atoms with Crippen molar-refractivity contribution in [1.29, 1.82) is 0 Å². The van der Waals surface area contributed by atoms with Gasteiger partial charge in [-0.15, -0.1) is 0 Å². The molecule has 0 spiro atoms. The van der Waals surface area contributed by atoms with E-state index in [1.165, 1.54) is 0 Å². The Labute approximate surface area is 112 Å². The minimum atomic E-state index is -0.478. The van der Waals surface area contributed by atoms with E-state index in [2.05, 4.69) is 5.32 Å². The van der Waals surface area contributed by atoms with Gasteiger partial charge in [-0.1, -0.05) is 26.0 Å². The Hall–Kier alpha value is -1.65. The minimum absolute atomic E-state index is 0.0154. The molecule has 1 heterocycles. The molecule has 0 amide bonds. The predicted octanol–water partition coefficient (Wildman–Crippen LogP) is 1.36. The smallest absolute Gasteiger partial charge is 0.189 e. The number of aliphatic hydroxyl groups excluding tert-OH is 1. The number of aromatic nitrogens is 1. The second-order valence-corrected chi connectivity index (χ2v) is 5.07. The number of pyridine rings is 1. The molecule has 1 aromatic heterocycles. The van der Waals surface area contributed by atoms with Gasteiger partial charge in [-0.3, -0.25) is 4.79 Å². The second-order valence-electron chi connectivity index (χ2n) is 5.07. The maximum atomic E-state index is 11.7. The van der Waals surface area contributed by atoms with E-state index >= 15 is 0 Å². The molecule has 0 saturated heterocycles. The van der Waals surface area contributed by atoms with E-state index in [9.17, 15) is 9.90 Å². The molecule has 4 nitrogen and oxygen atoms in total. The van der Waals surface area contributed by atoms with Crippen LogP contribution in [-0.2, 0) is 6.54 Å². The molecule has 0 aliphatic heterocycles. The van der Waals surface area contributed by atoms with Gasteiger partial charge >= 0.3 is 0 Å². The van der Waals surface area contributed by atoms with Crippen molar-refractivity contribution in [1.82, 2.24) is 9.88 Å². The van der Waals surface area contributed by atoms with Gasteiger partial charge in [-0.05, 0) is 12.1 Å². The topological polar surface area (TPSA) is 54.3 Å². The summed E-state index contributed by atoms with van der Waals surface area (Å²) in [5.41, 5.74) is 0.875. The third kappa shape index (κ3) is 3.43. The summed E-state index contributed by atoms with van der Waals surface area (Å²) in [6.07, 6.45) is 1.26. The number of aliphatic hydroxyl groups is 1. The molecule has 2 rings (SSSR count). The van der Waals surface area contributed by atoms with E-state index in [4.69, 9.17) is 0 Å². The first kappa shape index (κ1) is 13.8. The Morgan fingerprint density at radius 1 is 1.26 bits per heavy atom. The van der Waals surface area contributed by atoms with Gasteiger partial charge in [0, 0.05) is 36.8 Å². The summed E-state index contributed by atoms with van der Waals surface area (Å²) < 4.78 is 1.92. The van der Waals surface area contributed by atoms with Gasteiger partial charge in [0.1, 0.15) is 0 Å². The van der Waals surface area contributed by atoms with Gasteiger partial charge in [0.2, 0.25) is 0 Å². The Morgan fingerprint density at radius 2 is 2.00 bits per heavy atom. The third-order valence-corrected chi connectivity index (χ3v) is 3.05. The van der Waals surface area contributed by atoms with Crippen LogP contribution >= 0.6 is 0 Å². The second kappa shape index (κ2) is 5.99. The third-order valence-electron chi connectivity index (χ3n) is 3.05. The molecule has 0 aliphatic carbocycles. The number of hydrogen-bond donors (Lipinski definition) is 2. The summed E-state index contributed by atoms with van der Waals surface area (Å²) in [5, 5.41) is 13.9. The molecule has 1 unspecified atom stereocenters. The predicted molar refractivity (Wildman–Crippen MR) is 77.4 cm³/mol. The van der Waals surface area contributed by atoms with Crippen molar-refractivity contribution in [3.05, 3.63) is 46.8 Å². The van der Waals surface area contributed by atoms with Crippen LogP contribution in [0.1, 0.15) is 13.8 Å². The fraction of sp³-hybridized carbons (Fsp3) is 0.400. The summed E-state index contributed by atoms with van der Waals surface area (Å²) in [5.74, 6) is 0. The van der Waals surface area contributed by atoms with E-state index in [0.29, 0.717) is 24.5 Å². The molecule has 2 N–H and O–H groups in total. The first-order chi connectivity index (χ1) is 9.08. The molecule has 2 aromatic rings. The van der Waals surface area contributed by atoms with Crippen LogP contribution in [0, 0.1) is 0 Å². The van der Waals surface area contributed by atoms with E-state index < -0.39 is 6.10 Å². The van der Waals surface area contributed by atoms with Crippen LogP contribution in [0.4, 0.5) is 0 Å². The lowest BCUT2D eigenvalue weighted by Gasteiger charge is -2.17. The van der Waals surface area contributed by atoms with Crippen LogP contribution in [0.25, 0.3) is 10.9 Å². The highest BCUT2D eigenvalue weighted by Crippen LogP contribution is 2.09. The molecule has 1 aromatic carbocycles. The maximum Gasteiger partial charge on any atom is 0.189 e. The van der Waals surface area contributed by atoms with Gasteiger partial charge in [0.05, 0.1) is 11.6 Å². The average molecular weight is 260 g/mol. The number of fused-ring (bicyclic) bond motifs is 1. The maximum absolute atomic E-state index is 11.7. The van der Waals surface area contributed by atoms with Crippen LogP contribution in [0.5, 0.6) is 0 Å². The van der Waals surface area contributed by atoms with Crippen molar-refractivity contribution in [2.24, 2.45) is 0 Å². The van der Waals surface area contributed by atoms with E-state index in [1.54, 1.807) is 12.3 Å². The molecule has 19 heavy (non-hydrogen) atoms. The Morgan fingerprint density at radius 3 is 2.74 bits per heavy atom. The summed E-state index contributed by atoms with van der Waals surface area (Å²) >= 11 is 0. The van der Waals surface area contributed by atoms with Gasteiger partial charge in [-0.25, -0.2) is 0 Å². The SMILES string of the molecule is CC(C)NCC(O)Cn1ccc(=O)c2ccccc21. The van der Waals surface area contributed by atoms with Gasteiger partial charge < -0.3 is 15.0 Å². The number of benzene rings is 1. The number of nitrogens with zero attached hydrogens (tertiary/aromatic N) is 1. The lowest BCUT2D eigenvalue weighted by Crippen LogP contribution is -2.34. The lowest BCUT2D eigenvalue weighted by molar-refractivity contribution is 0.150. The van der Waals surface area contributed by atoms with Crippen LogP contribution in [0.2, 0.25) is 0 Å².